The summed E-state index contributed by atoms with van der Waals surface area (Å²) >= 11 is 0. The molecule has 0 radical (unpaired) electrons. The molecule has 6 nitrogen and oxygen atoms in total. The third-order valence-corrected chi connectivity index (χ3v) is 3.98. The zero-order valence-electron chi connectivity index (χ0n) is 15.0. The van der Waals surface area contributed by atoms with Crippen molar-refractivity contribution in [2.75, 3.05) is 0 Å². The van der Waals surface area contributed by atoms with Crippen LogP contribution >= 0.6 is 0 Å². The van der Waals surface area contributed by atoms with Crippen LogP contribution in [0.15, 0.2) is 34.9 Å². The van der Waals surface area contributed by atoms with Gasteiger partial charge in [0.05, 0.1) is 17.7 Å². The molecule has 0 aliphatic rings. The smallest absolute Gasteiger partial charge is 0.329 e. The van der Waals surface area contributed by atoms with Crippen LogP contribution in [-0.2, 0) is 27.4 Å². The fraction of sp³-hybridized carbons (Fsp3) is 0.421. The molecular formula is C19H24N2O4. The van der Waals surface area contributed by atoms with Crippen molar-refractivity contribution in [2.45, 2.75) is 46.8 Å². The van der Waals surface area contributed by atoms with Crippen LogP contribution in [0.25, 0.3) is 0 Å². The molecule has 0 aliphatic carbocycles. The van der Waals surface area contributed by atoms with Crippen LogP contribution < -0.4 is 5.32 Å². The number of amides is 1. The maximum absolute atomic E-state index is 12.4. The van der Waals surface area contributed by atoms with E-state index in [1.165, 1.54) is 0 Å². The van der Waals surface area contributed by atoms with E-state index in [4.69, 9.17) is 9.26 Å². The standard InChI is InChI=1S/C19H24N2O4/c1-12(2)18(20-17(22)10-15-8-6-5-7-9-15)19(23)24-11-16-13(3)21-25-14(16)4/h5-9,12,18H,10-11H2,1-4H3,(H,20,22)/t18-/m0/s1. The molecule has 0 unspecified atom stereocenters. The van der Waals surface area contributed by atoms with Crippen LogP contribution in [0.5, 0.6) is 0 Å². The fourth-order valence-electron chi connectivity index (χ4n) is 2.44. The number of nitrogens with zero attached hydrogens (tertiary/aromatic N) is 1. The first-order valence-electron chi connectivity index (χ1n) is 8.30. The van der Waals surface area contributed by atoms with Crippen LogP contribution in [0, 0.1) is 19.8 Å². The Morgan fingerprint density at radius 1 is 1.20 bits per heavy atom. The minimum absolute atomic E-state index is 0.0811. The van der Waals surface area contributed by atoms with E-state index in [1.54, 1.807) is 13.8 Å². The molecule has 0 spiro atoms. The molecule has 1 atom stereocenters. The van der Waals surface area contributed by atoms with Gasteiger partial charge in [0.25, 0.3) is 0 Å². The lowest BCUT2D eigenvalue weighted by Gasteiger charge is -2.21. The summed E-state index contributed by atoms with van der Waals surface area (Å²) in [5.74, 6) is -0.132. The number of carbonyl (C=O) groups excluding carboxylic acids is 2. The highest BCUT2D eigenvalue weighted by Crippen LogP contribution is 2.14. The first-order valence-corrected chi connectivity index (χ1v) is 8.30. The summed E-state index contributed by atoms with van der Waals surface area (Å²) in [5, 5.41) is 6.60. The predicted octanol–water partition coefficient (Wildman–Crippen LogP) is 2.72. The molecule has 0 aliphatic heterocycles. The van der Waals surface area contributed by atoms with Crippen LogP contribution in [0.4, 0.5) is 0 Å². The van der Waals surface area contributed by atoms with Crippen molar-refractivity contribution in [1.29, 1.82) is 0 Å². The van der Waals surface area contributed by atoms with E-state index in [9.17, 15) is 9.59 Å². The quantitative estimate of drug-likeness (QED) is 0.781. The van der Waals surface area contributed by atoms with E-state index in [0.29, 0.717) is 11.5 Å². The van der Waals surface area contributed by atoms with Crippen molar-refractivity contribution in [3.63, 3.8) is 0 Å². The number of hydrogen-bond acceptors (Lipinski definition) is 5. The van der Waals surface area contributed by atoms with Gasteiger partial charge in [-0.05, 0) is 25.3 Å². The van der Waals surface area contributed by atoms with Crippen molar-refractivity contribution in [1.82, 2.24) is 10.5 Å². The van der Waals surface area contributed by atoms with E-state index in [0.717, 1.165) is 11.1 Å². The molecule has 6 heteroatoms. The number of aromatic nitrogens is 1. The molecule has 25 heavy (non-hydrogen) atoms. The number of nitrogens with one attached hydrogen (secondary N) is 1. The zero-order valence-corrected chi connectivity index (χ0v) is 15.0. The summed E-state index contributed by atoms with van der Waals surface area (Å²) in [7, 11) is 0. The molecule has 134 valence electrons. The maximum atomic E-state index is 12.4. The molecule has 0 saturated carbocycles. The number of rotatable bonds is 7. The van der Waals surface area contributed by atoms with Crippen LogP contribution in [0.3, 0.4) is 0 Å². The van der Waals surface area contributed by atoms with Gasteiger partial charge in [-0.3, -0.25) is 4.79 Å². The summed E-state index contributed by atoms with van der Waals surface area (Å²) in [4.78, 5) is 24.6. The van der Waals surface area contributed by atoms with Crippen molar-refractivity contribution in [2.24, 2.45) is 5.92 Å². The second kappa shape index (κ2) is 8.46. The average molecular weight is 344 g/mol. The molecular weight excluding hydrogens is 320 g/mol. The first-order chi connectivity index (χ1) is 11.9. The molecule has 1 aromatic carbocycles. The summed E-state index contributed by atoms with van der Waals surface area (Å²) in [5.41, 5.74) is 2.34. The Bertz CT molecular complexity index is 703. The molecule has 1 heterocycles. The monoisotopic (exact) mass is 344 g/mol. The molecule has 1 N–H and O–H groups in total. The number of carbonyl (C=O) groups is 2. The van der Waals surface area contributed by atoms with Crippen molar-refractivity contribution in [3.05, 3.63) is 52.9 Å². The Hall–Kier alpha value is -2.63. The number of benzene rings is 1. The lowest BCUT2D eigenvalue weighted by atomic mass is 10.0. The van der Waals surface area contributed by atoms with Gasteiger partial charge in [-0.15, -0.1) is 0 Å². The van der Waals surface area contributed by atoms with Gasteiger partial charge in [0.15, 0.2) is 0 Å². The minimum Gasteiger partial charge on any atom is -0.459 e. The van der Waals surface area contributed by atoms with Gasteiger partial charge >= 0.3 is 5.97 Å². The number of ether oxygens (including phenoxy) is 1. The van der Waals surface area contributed by atoms with Crippen LogP contribution in [0.1, 0.15) is 36.4 Å². The fourth-order valence-corrected chi connectivity index (χ4v) is 2.44. The summed E-state index contributed by atoms with van der Waals surface area (Å²) in [6, 6.07) is 8.70. The van der Waals surface area contributed by atoms with E-state index in [1.807, 2.05) is 44.2 Å². The topological polar surface area (TPSA) is 81.4 Å². The summed E-state index contributed by atoms with van der Waals surface area (Å²) in [6.07, 6.45) is 0.223. The van der Waals surface area contributed by atoms with E-state index >= 15 is 0 Å². The second-order valence-electron chi connectivity index (χ2n) is 6.36. The predicted molar refractivity (Wildman–Crippen MR) is 92.7 cm³/mol. The SMILES string of the molecule is Cc1noc(C)c1COC(=O)[C@@H](NC(=O)Cc1ccccc1)C(C)C. The van der Waals surface area contributed by atoms with E-state index in [2.05, 4.69) is 10.5 Å². The Labute approximate surface area is 147 Å². The highest BCUT2D eigenvalue weighted by Gasteiger charge is 2.26. The zero-order chi connectivity index (χ0) is 18.4. The second-order valence-corrected chi connectivity index (χ2v) is 6.36. The van der Waals surface area contributed by atoms with Gasteiger partial charge in [-0.25, -0.2) is 4.79 Å². The summed E-state index contributed by atoms with van der Waals surface area (Å²) in [6.45, 7) is 7.37. The highest BCUT2D eigenvalue weighted by molar-refractivity contribution is 5.85. The molecule has 1 aromatic heterocycles. The molecule has 0 bridgehead atoms. The Balaban J connectivity index is 1.95. The van der Waals surface area contributed by atoms with Gasteiger partial charge in [0, 0.05) is 0 Å². The van der Waals surface area contributed by atoms with Crippen molar-refractivity contribution in [3.8, 4) is 0 Å². The largest absolute Gasteiger partial charge is 0.459 e. The van der Waals surface area contributed by atoms with Gasteiger partial charge in [0.2, 0.25) is 5.91 Å². The molecule has 0 saturated heterocycles. The maximum Gasteiger partial charge on any atom is 0.329 e. The Kier molecular flexibility index (Phi) is 6.33. The molecule has 1 amide bonds. The van der Waals surface area contributed by atoms with Gasteiger partial charge in [-0.2, -0.15) is 0 Å². The third-order valence-electron chi connectivity index (χ3n) is 3.98. The Morgan fingerprint density at radius 2 is 1.88 bits per heavy atom. The lowest BCUT2D eigenvalue weighted by Crippen LogP contribution is -2.45. The molecule has 2 rings (SSSR count). The van der Waals surface area contributed by atoms with Gasteiger partial charge < -0.3 is 14.6 Å². The van der Waals surface area contributed by atoms with Crippen LogP contribution in [0.2, 0.25) is 0 Å². The number of esters is 1. The van der Waals surface area contributed by atoms with E-state index < -0.39 is 12.0 Å². The van der Waals surface area contributed by atoms with Gasteiger partial charge in [-0.1, -0.05) is 49.3 Å². The van der Waals surface area contributed by atoms with Crippen molar-refractivity contribution >= 4 is 11.9 Å². The van der Waals surface area contributed by atoms with Crippen LogP contribution in [-0.4, -0.2) is 23.1 Å². The van der Waals surface area contributed by atoms with E-state index in [-0.39, 0.29) is 24.9 Å². The Morgan fingerprint density at radius 3 is 2.44 bits per heavy atom. The average Bonchev–Trinajstić information content (AvgIpc) is 2.89. The minimum atomic E-state index is -0.698. The third kappa shape index (κ3) is 5.17. The highest BCUT2D eigenvalue weighted by atomic mass is 16.5. The lowest BCUT2D eigenvalue weighted by molar-refractivity contribution is -0.150. The molecule has 0 fully saturated rings. The summed E-state index contributed by atoms with van der Waals surface area (Å²) < 4.78 is 10.4. The van der Waals surface area contributed by atoms with Crippen molar-refractivity contribution < 1.29 is 18.8 Å². The first kappa shape index (κ1) is 18.7. The normalized spacial score (nSPS) is 12.0. The molecule has 2 aromatic rings. The number of hydrogen-bond donors (Lipinski definition) is 1. The number of aryl methyl sites for hydroxylation is 2. The van der Waals surface area contributed by atoms with Gasteiger partial charge in [0.1, 0.15) is 18.4 Å².